The van der Waals surface area contributed by atoms with Gasteiger partial charge in [0.05, 0.1) is 31.0 Å². The number of nitrogens with zero attached hydrogens (tertiary/aromatic N) is 2. The normalized spacial score (nSPS) is 11.2. The zero-order valence-corrected chi connectivity index (χ0v) is 23.8. The van der Waals surface area contributed by atoms with Crippen LogP contribution in [0.3, 0.4) is 0 Å². The second kappa shape index (κ2) is 13.5. The molecule has 4 aromatic rings. The molecule has 4 rings (SSSR count). The van der Waals surface area contributed by atoms with Crippen molar-refractivity contribution in [2.75, 3.05) is 25.1 Å². The third-order valence-electron chi connectivity index (χ3n) is 6.08. The van der Waals surface area contributed by atoms with Crippen molar-refractivity contribution in [1.82, 2.24) is 5.43 Å². The second-order valence-corrected chi connectivity index (χ2v) is 10.9. The number of benzene rings is 4. The van der Waals surface area contributed by atoms with Gasteiger partial charge in [-0.25, -0.2) is 13.8 Å². The van der Waals surface area contributed by atoms with Gasteiger partial charge in [0.2, 0.25) is 0 Å². The predicted molar refractivity (Wildman–Crippen MR) is 158 cm³/mol. The number of sulfonamides is 1. The molecule has 0 aromatic heterocycles. The van der Waals surface area contributed by atoms with Gasteiger partial charge in [-0.1, -0.05) is 48.0 Å². The van der Waals surface area contributed by atoms with Gasteiger partial charge in [-0.3, -0.25) is 9.10 Å². The topological polar surface area (TPSA) is 107 Å². The summed E-state index contributed by atoms with van der Waals surface area (Å²) in [7, 11) is -1.03. The minimum absolute atomic E-state index is 0.0249. The Balaban J connectivity index is 1.46. The predicted octanol–water partition coefficient (Wildman–Crippen LogP) is 4.94. The van der Waals surface area contributed by atoms with E-state index in [2.05, 4.69) is 10.5 Å². The molecular weight excluding hydrogens is 542 g/mol. The van der Waals surface area contributed by atoms with E-state index >= 15 is 0 Å². The summed E-state index contributed by atoms with van der Waals surface area (Å²) in [5.41, 5.74) is 5.39. The molecular formula is C31H31N3O6S. The molecule has 0 aliphatic carbocycles. The fourth-order valence-corrected chi connectivity index (χ4v) is 5.29. The Morgan fingerprint density at radius 3 is 2.24 bits per heavy atom. The molecule has 0 aliphatic heterocycles. The van der Waals surface area contributed by atoms with Crippen LogP contribution in [-0.2, 0) is 21.4 Å². The molecule has 10 heteroatoms. The van der Waals surface area contributed by atoms with Crippen molar-refractivity contribution in [2.24, 2.45) is 5.10 Å². The molecule has 0 saturated heterocycles. The molecule has 0 radical (unpaired) electrons. The smallest absolute Gasteiger partial charge is 0.264 e. The quantitative estimate of drug-likeness (QED) is 0.190. The van der Waals surface area contributed by atoms with Crippen LogP contribution in [0.1, 0.15) is 16.7 Å². The van der Waals surface area contributed by atoms with Gasteiger partial charge in [0.25, 0.3) is 15.9 Å². The van der Waals surface area contributed by atoms with E-state index in [0.29, 0.717) is 35.1 Å². The first-order valence-electron chi connectivity index (χ1n) is 12.7. The van der Waals surface area contributed by atoms with Crippen LogP contribution in [-0.4, -0.2) is 41.3 Å². The lowest BCUT2D eigenvalue weighted by molar-refractivity contribution is -0.119. The van der Waals surface area contributed by atoms with E-state index in [4.69, 9.17) is 14.2 Å². The Kier molecular flexibility index (Phi) is 9.60. The molecule has 0 saturated carbocycles. The van der Waals surface area contributed by atoms with Gasteiger partial charge < -0.3 is 14.2 Å². The number of aryl methyl sites for hydroxylation is 1. The molecule has 9 nitrogen and oxygen atoms in total. The minimum Gasteiger partial charge on any atom is -0.497 e. The first-order valence-corrected chi connectivity index (χ1v) is 14.1. The number of amides is 1. The molecule has 1 amide bonds. The van der Waals surface area contributed by atoms with E-state index in [9.17, 15) is 13.2 Å². The summed E-state index contributed by atoms with van der Waals surface area (Å²) in [6.45, 7) is 1.80. The maximum absolute atomic E-state index is 13.5. The number of nitrogens with one attached hydrogen (secondary N) is 1. The molecule has 0 spiro atoms. The summed E-state index contributed by atoms with van der Waals surface area (Å²) in [6, 6.07) is 27.9. The third-order valence-corrected chi connectivity index (χ3v) is 7.87. The van der Waals surface area contributed by atoms with Crippen molar-refractivity contribution in [3.8, 4) is 17.2 Å². The highest BCUT2D eigenvalue weighted by Crippen LogP contribution is 2.29. The van der Waals surface area contributed by atoms with Crippen LogP contribution in [0.4, 0.5) is 5.69 Å². The molecule has 0 bridgehead atoms. The molecule has 0 aliphatic rings. The van der Waals surface area contributed by atoms with Crippen molar-refractivity contribution in [3.63, 3.8) is 0 Å². The molecule has 0 unspecified atom stereocenters. The largest absolute Gasteiger partial charge is 0.497 e. The summed E-state index contributed by atoms with van der Waals surface area (Å²) in [5, 5.41) is 4.02. The Morgan fingerprint density at radius 2 is 1.59 bits per heavy atom. The molecule has 0 atom stereocenters. The third kappa shape index (κ3) is 7.64. The first-order chi connectivity index (χ1) is 19.8. The monoisotopic (exact) mass is 573 g/mol. The number of ether oxygens (including phenoxy) is 3. The van der Waals surface area contributed by atoms with Crippen molar-refractivity contribution in [1.29, 1.82) is 0 Å². The maximum Gasteiger partial charge on any atom is 0.264 e. The number of carbonyl (C=O) groups is 1. The summed E-state index contributed by atoms with van der Waals surface area (Å²) in [4.78, 5) is 12.9. The first kappa shape index (κ1) is 29.2. The van der Waals surface area contributed by atoms with Crippen LogP contribution in [0.5, 0.6) is 17.2 Å². The van der Waals surface area contributed by atoms with Crippen molar-refractivity contribution >= 4 is 27.8 Å². The van der Waals surface area contributed by atoms with Gasteiger partial charge >= 0.3 is 0 Å². The number of methoxy groups -OCH3 is 2. The van der Waals surface area contributed by atoms with Gasteiger partial charge in [0, 0.05) is 0 Å². The highest BCUT2D eigenvalue weighted by atomic mass is 32.2. The maximum atomic E-state index is 13.5. The van der Waals surface area contributed by atoms with E-state index < -0.39 is 22.5 Å². The zero-order valence-electron chi connectivity index (χ0n) is 23.0. The molecule has 0 heterocycles. The molecule has 212 valence electrons. The molecule has 41 heavy (non-hydrogen) atoms. The number of hydrazone groups is 1. The number of anilines is 1. The average Bonchev–Trinajstić information content (AvgIpc) is 3.00. The van der Waals surface area contributed by atoms with Crippen molar-refractivity contribution in [2.45, 2.75) is 18.4 Å². The number of hydrogen-bond acceptors (Lipinski definition) is 7. The number of hydrogen-bond donors (Lipinski definition) is 1. The Labute approximate surface area is 240 Å². The number of rotatable bonds is 12. The Bertz CT molecular complexity index is 1590. The van der Waals surface area contributed by atoms with E-state index in [1.165, 1.54) is 32.6 Å². The van der Waals surface area contributed by atoms with Gasteiger partial charge in [0.1, 0.15) is 18.9 Å². The fourth-order valence-electron chi connectivity index (χ4n) is 3.86. The van der Waals surface area contributed by atoms with Crippen molar-refractivity contribution in [3.05, 3.63) is 114 Å². The molecule has 1 N–H and O–H groups in total. The lowest BCUT2D eigenvalue weighted by Gasteiger charge is -2.24. The van der Waals surface area contributed by atoms with Crippen LogP contribution < -0.4 is 23.9 Å². The van der Waals surface area contributed by atoms with E-state index in [1.807, 2.05) is 37.3 Å². The summed E-state index contributed by atoms with van der Waals surface area (Å²) < 4.78 is 44.6. The highest BCUT2D eigenvalue weighted by molar-refractivity contribution is 7.92. The molecule has 4 aromatic carbocycles. The van der Waals surface area contributed by atoms with Crippen molar-refractivity contribution < 1.29 is 27.4 Å². The average molecular weight is 574 g/mol. The van der Waals surface area contributed by atoms with Crippen LogP contribution in [0, 0.1) is 6.92 Å². The Hall–Kier alpha value is -4.83. The van der Waals surface area contributed by atoms with Crippen LogP contribution in [0.15, 0.2) is 107 Å². The number of carbonyl (C=O) groups excluding carboxylic acids is 1. The summed E-state index contributed by atoms with van der Waals surface area (Å²) in [5.74, 6) is 0.974. The highest BCUT2D eigenvalue weighted by Gasteiger charge is 2.27. The summed E-state index contributed by atoms with van der Waals surface area (Å²) >= 11 is 0. The van der Waals surface area contributed by atoms with Crippen LogP contribution >= 0.6 is 0 Å². The molecule has 0 fully saturated rings. The Morgan fingerprint density at radius 1 is 0.878 bits per heavy atom. The van der Waals surface area contributed by atoms with Gasteiger partial charge in [-0.15, -0.1) is 0 Å². The summed E-state index contributed by atoms with van der Waals surface area (Å²) in [6.07, 6.45) is 1.44. The van der Waals surface area contributed by atoms with Crippen LogP contribution in [0.2, 0.25) is 0 Å². The van der Waals surface area contributed by atoms with Gasteiger partial charge in [-0.2, -0.15) is 5.10 Å². The minimum atomic E-state index is -4.07. The van der Waals surface area contributed by atoms with E-state index in [1.54, 1.807) is 54.6 Å². The second-order valence-electron chi connectivity index (χ2n) is 9.00. The SMILES string of the molecule is COc1ccc(S(=O)(=O)N(CC(=O)N/N=C/c2ccc(OCc3ccccc3)c(OC)c2)c2ccc(C)cc2)cc1. The lowest BCUT2D eigenvalue weighted by Crippen LogP contribution is -2.39. The fraction of sp³-hybridized carbons (Fsp3) is 0.161. The van der Waals surface area contributed by atoms with Crippen LogP contribution in [0.25, 0.3) is 0 Å². The van der Waals surface area contributed by atoms with Gasteiger partial charge in [0.15, 0.2) is 11.5 Å². The van der Waals surface area contributed by atoms with E-state index in [-0.39, 0.29) is 4.90 Å². The zero-order chi connectivity index (χ0) is 29.2. The van der Waals surface area contributed by atoms with Gasteiger partial charge in [-0.05, 0) is 72.6 Å². The standard InChI is InChI=1S/C31H31N3O6S/c1-23-9-12-26(13-10-23)34(41(36,37)28-16-14-27(38-2)15-17-28)21-31(35)33-32-20-25-11-18-29(30(19-25)39-3)40-22-24-7-5-4-6-8-24/h4-20H,21-22H2,1-3H3,(H,33,35)/b32-20+. The lowest BCUT2D eigenvalue weighted by atomic mass is 10.2. The van der Waals surface area contributed by atoms with E-state index in [0.717, 1.165) is 15.4 Å².